The smallest absolute Gasteiger partial charge is 0.149 e. The van der Waals surface area contributed by atoms with Gasteiger partial charge in [-0.1, -0.05) is 6.92 Å². The Labute approximate surface area is 106 Å². The van der Waals surface area contributed by atoms with Gasteiger partial charge in [0.1, 0.15) is 5.82 Å². The van der Waals surface area contributed by atoms with Crippen molar-refractivity contribution in [3.63, 3.8) is 0 Å². The van der Waals surface area contributed by atoms with Gasteiger partial charge in [-0.15, -0.1) is 0 Å². The van der Waals surface area contributed by atoms with Crippen LogP contribution < -0.4 is 11.1 Å². The molecule has 0 saturated carbocycles. The number of aryl methyl sites for hydroxylation is 1. The van der Waals surface area contributed by atoms with Crippen LogP contribution in [0.25, 0.3) is 0 Å². The number of nitrogens with one attached hydrogen (secondary N) is 1. The van der Waals surface area contributed by atoms with Crippen molar-refractivity contribution in [3.05, 3.63) is 47.8 Å². The van der Waals surface area contributed by atoms with Crippen molar-refractivity contribution in [2.45, 2.75) is 19.9 Å². The quantitative estimate of drug-likeness (QED) is 0.850. The highest BCUT2D eigenvalue weighted by Gasteiger charge is 2.18. The summed E-state index contributed by atoms with van der Waals surface area (Å²) < 4.78 is 0. The highest BCUT2D eigenvalue weighted by molar-refractivity contribution is 5.48. The minimum atomic E-state index is -0.121. The van der Waals surface area contributed by atoms with E-state index in [1.165, 1.54) is 0 Å². The highest BCUT2D eigenvalue weighted by atomic mass is 15.0. The average molecular weight is 243 g/mol. The lowest BCUT2D eigenvalue weighted by atomic mass is 10.1. The van der Waals surface area contributed by atoms with Gasteiger partial charge < -0.3 is 11.1 Å². The van der Waals surface area contributed by atoms with Crippen molar-refractivity contribution in [3.8, 4) is 0 Å². The lowest BCUT2D eigenvalue weighted by Crippen LogP contribution is -2.25. The van der Waals surface area contributed by atoms with Gasteiger partial charge in [0.25, 0.3) is 0 Å². The summed E-state index contributed by atoms with van der Waals surface area (Å²) in [6.45, 7) is 4.80. The molecule has 0 bridgehead atoms. The molecular formula is C13H17N5. The van der Waals surface area contributed by atoms with Crippen molar-refractivity contribution in [2.24, 2.45) is 0 Å². The fourth-order valence-corrected chi connectivity index (χ4v) is 1.75. The van der Waals surface area contributed by atoms with Crippen LogP contribution >= 0.6 is 0 Å². The molecule has 0 radical (unpaired) electrons. The molecule has 1 unspecified atom stereocenters. The Balaban J connectivity index is 2.40. The number of anilines is 1. The number of nitrogens with two attached hydrogens (primary N) is 1. The second-order valence-corrected chi connectivity index (χ2v) is 4.11. The van der Waals surface area contributed by atoms with Gasteiger partial charge in [-0.3, -0.25) is 4.98 Å². The van der Waals surface area contributed by atoms with Gasteiger partial charge in [-0.05, 0) is 25.1 Å². The second kappa shape index (κ2) is 5.55. The first-order valence-electron chi connectivity index (χ1n) is 5.93. The van der Waals surface area contributed by atoms with E-state index >= 15 is 0 Å². The van der Waals surface area contributed by atoms with Gasteiger partial charge in [0.15, 0.2) is 0 Å². The SMILES string of the molecule is CCNC(c1ncc(C)cn1)c1cnccc1N. The number of nitrogen functional groups attached to an aromatic ring is 1. The Morgan fingerprint density at radius 2 is 2.00 bits per heavy atom. The van der Waals surface area contributed by atoms with E-state index in [0.717, 1.165) is 17.7 Å². The fourth-order valence-electron chi connectivity index (χ4n) is 1.75. The highest BCUT2D eigenvalue weighted by Crippen LogP contribution is 2.23. The monoisotopic (exact) mass is 243 g/mol. The molecule has 0 aliphatic heterocycles. The number of aromatic nitrogens is 3. The number of hydrogen-bond acceptors (Lipinski definition) is 5. The normalized spacial score (nSPS) is 12.3. The molecule has 5 nitrogen and oxygen atoms in total. The van der Waals surface area contributed by atoms with E-state index in [0.29, 0.717) is 11.5 Å². The maximum Gasteiger partial charge on any atom is 0.149 e. The lowest BCUT2D eigenvalue weighted by Gasteiger charge is -2.18. The molecule has 94 valence electrons. The van der Waals surface area contributed by atoms with Crippen LogP contribution in [-0.2, 0) is 0 Å². The summed E-state index contributed by atoms with van der Waals surface area (Å²) in [5.74, 6) is 0.710. The maximum absolute atomic E-state index is 5.98. The Hall–Kier alpha value is -2.01. The minimum absolute atomic E-state index is 0.121. The fraction of sp³-hybridized carbons (Fsp3) is 0.308. The molecule has 2 rings (SSSR count). The number of pyridine rings is 1. The molecule has 5 heteroatoms. The van der Waals surface area contributed by atoms with Gasteiger partial charge in [-0.25, -0.2) is 9.97 Å². The van der Waals surface area contributed by atoms with E-state index in [-0.39, 0.29) is 6.04 Å². The molecule has 18 heavy (non-hydrogen) atoms. The number of rotatable bonds is 4. The maximum atomic E-state index is 5.98. The van der Waals surface area contributed by atoms with Gasteiger partial charge in [0.2, 0.25) is 0 Å². The van der Waals surface area contributed by atoms with Crippen LogP contribution in [0.5, 0.6) is 0 Å². The molecule has 2 heterocycles. The Kier molecular flexibility index (Phi) is 3.84. The van der Waals surface area contributed by atoms with Crippen LogP contribution in [-0.4, -0.2) is 21.5 Å². The van der Waals surface area contributed by atoms with Gasteiger partial charge >= 0.3 is 0 Å². The van der Waals surface area contributed by atoms with Crippen LogP contribution in [0.1, 0.15) is 29.9 Å². The Morgan fingerprint density at radius 3 is 2.61 bits per heavy atom. The van der Waals surface area contributed by atoms with Crippen molar-refractivity contribution in [1.29, 1.82) is 0 Å². The van der Waals surface area contributed by atoms with Crippen LogP contribution in [0, 0.1) is 6.92 Å². The first kappa shape index (κ1) is 12.4. The van der Waals surface area contributed by atoms with E-state index in [2.05, 4.69) is 20.3 Å². The van der Waals surface area contributed by atoms with Crippen LogP contribution in [0.4, 0.5) is 5.69 Å². The number of hydrogen-bond donors (Lipinski definition) is 2. The zero-order chi connectivity index (χ0) is 13.0. The summed E-state index contributed by atoms with van der Waals surface area (Å²) in [6.07, 6.45) is 7.04. The summed E-state index contributed by atoms with van der Waals surface area (Å²) >= 11 is 0. The first-order valence-corrected chi connectivity index (χ1v) is 5.93. The van der Waals surface area contributed by atoms with Gasteiger partial charge in [0.05, 0.1) is 6.04 Å². The minimum Gasteiger partial charge on any atom is -0.398 e. The van der Waals surface area contributed by atoms with Crippen LogP contribution in [0.15, 0.2) is 30.9 Å². The molecular weight excluding hydrogens is 226 g/mol. The second-order valence-electron chi connectivity index (χ2n) is 4.11. The summed E-state index contributed by atoms with van der Waals surface area (Å²) in [5, 5.41) is 3.33. The summed E-state index contributed by atoms with van der Waals surface area (Å²) in [7, 11) is 0. The molecule has 0 aliphatic rings. The molecule has 2 aromatic rings. The third-order valence-corrected chi connectivity index (χ3v) is 2.67. The molecule has 1 atom stereocenters. The molecule has 2 aromatic heterocycles. The van der Waals surface area contributed by atoms with Crippen molar-refractivity contribution >= 4 is 5.69 Å². The third-order valence-electron chi connectivity index (χ3n) is 2.67. The molecule has 0 fully saturated rings. The third kappa shape index (κ3) is 2.62. The lowest BCUT2D eigenvalue weighted by molar-refractivity contribution is 0.596. The Morgan fingerprint density at radius 1 is 1.28 bits per heavy atom. The zero-order valence-corrected chi connectivity index (χ0v) is 10.6. The predicted octanol–water partition coefficient (Wildman–Crippen LogP) is 1.46. The van der Waals surface area contributed by atoms with Crippen LogP contribution in [0.2, 0.25) is 0 Å². The van der Waals surface area contributed by atoms with Crippen molar-refractivity contribution in [2.75, 3.05) is 12.3 Å². The van der Waals surface area contributed by atoms with Crippen LogP contribution in [0.3, 0.4) is 0 Å². The van der Waals surface area contributed by atoms with E-state index in [1.54, 1.807) is 30.9 Å². The topological polar surface area (TPSA) is 76.7 Å². The predicted molar refractivity (Wildman–Crippen MR) is 70.9 cm³/mol. The van der Waals surface area contributed by atoms with Gasteiger partial charge in [-0.2, -0.15) is 0 Å². The Bertz CT molecular complexity index is 509. The van der Waals surface area contributed by atoms with E-state index < -0.39 is 0 Å². The molecule has 0 aromatic carbocycles. The van der Waals surface area contributed by atoms with E-state index in [1.807, 2.05) is 13.8 Å². The summed E-state index contributed by atoms with van der Waals surface area (Å²) in [4.78, 5) is 12.8. The molecule has 0 spiro atoms. The largest absolute Gasteiger partial charge is 0.398 e. The zero-order valence-electron chi connectivity index (χ0n) is 10.6. The van der Waals surface area contributed by atoms with Gasteiger partial charge in [0, 0.05) is 36.0 Å². The first-order chi connectivity index (χ1) is 8.72. The molecule has 0 saturated heterocycles. The molecule has 0 amide bonds. The summed E-state index contributed by atoms with van der Waals surface area (Å²) in [6, 6.07) is 1.66. The molecule has 3 N–H and O–H groups in total. The number of nitrogens with zero attached hydrogens (tertiary/aromatic N) is 3. The van der Waals surface area contributed by atoms with Crippen molar-refractivity contribution in [1.82, 2.24) is 20.3 Å². The van der Waals surface area contributed by atoms with E-state index in [9.17, 15) is 0 Å². The van der Waals surface area contributed by atoms with E-state index in [4.69, 9.17) is 5.73 Å². The standard InChI is InChI=1S/C13H17N5/c1-3-16-12(10-8-15-5-4-11(10)14)13-17-6-9(2)7-18-13/h4-8,12,16H,3H2,1-2H3,(H2,14,15). The average Bonchev–Trinajstić information content (AvgIpc) is 2.38. The summed E-state index contributed by atoms with van der Waals surface area (Å²) in [5.41, 5.74) is 8.62. The van der Waals surface area contributed by atoms with Crippen molar-refractivity contribution < 1.29 is 0 Å². The molecule has 0 aliphatic carbocycles.